The van der Waals surface area contributed by atoms with Gasteiger partial charge < -0.3 is 5.32 Å². The van der Waals surface area contributed by atoms with Crippen molar-refractivity contribution in [3.8, 4) is 0 Å². The van der Waals surface area contributed by atoms with E-state index < -0.39 is 0 Å². The molecule has 1 aromatic heterocycles. The maximum atomic E-state index is 11.8. The second kappa shape index (κ2) is 3.82. The number of aryl methyl sites for hydroxylation is 1. The SMILES string of the molecule is Cc1cnc(/C=C2\C(=O)Nc3ccccc32)s1. The maximum absolute atomic E-state index is 11.8. The lowest BCUT2D eigenvalue weighted by Gasteiger charge is -1.95. The van der Waals surface area contributed by atoms with Crippen LogP contribution in [0.1, 0.15) is 15.4 Å². The van der Waals surface area contributed by atoms with Gasteiger partial charge in [0.2, 0.25) is 0 Å². The molecule has 0 bridgehead atoms. The summed E-state index contributed by atoms with van der Waals surface area (Å²) >= 11 is 1.58. The summed E-state index contributed by atoms with van der Waals surface area (Å²) in [6.07, 6.45) is 3.66. The molecule has 84 valence electrons. The number of aromatic nitrogens is 1. The second-order valence-electron chi connectivity index (χ2n) is 3.87. The molecular weight excluding hydrogens is 232 g/mol. The summed E-state index contributed by atoms with van der Waals surface area (Å²) in [6.45, 7) is 2.00. The minimum absolute atomic E-state index is 0.0564. The number of anilines is 1. The maximum Gasteiger partial charge on any atom is 0.256 e. The Morgan fingerprint density at radius 2 is 2.18 bits per heavy atom. The summed E-state index contributed by atoms with van der Waals surface area (Å²) in [4.78, 5) is 17.2. The Morgan fingerprint density at radius 3 is 2.94 bits per heavy atom. The zero-order chi connectivity index (χ0) is 11.8. The summed E-state index contributed by atoms with van der Waals surface area (Å²) < 4.78 is 0. The molecular formula is C13H10N2OS. The number of amides is 1. The summed E-state index contributed by atoms with van der Waals surface area (Å²) in [7, 11) is 0. The minimum Gasteiger partial charge on any atom is -0.321 e. The highest BCUT2D eigenvalue weighted by Gasteiger charge is 2.23. The second-order valence-corrected chi connectivity index (χ2v) is 5.13. The Bertz CT molecular complexity index is 628. The third-order valence-electron chi connectivity index (χ3n) is 2.62. The van der Waals surface area contributed by atoms with Gasteiger partial charge >= 0.3 is 0 Å². The zero-order valence-corrected chi connectivity index (χ0v) is 10.0. The van der Waals surface area contributed by atoms with E-state index in [0.29, 0.717) is 5.57 Å². The van der Waals surface area contributed by atoms with Crippen LogP contribution in [0.15, 0.2) is 30.5 Å². The van der Waals surface area contributed by atoms with Crippen molar-refractivity contribution in [1.82, 2.24) is 4.98 Å². The van der Waals surface area contributed by atoms with E-state index in [9.17, 15) is 4.79 Å². The molecule has 0 atom stereocenters. The quantitative estimate of drug-likeness (QED) is 0.781. The van der Waals surface area contributed by atoms with E-state index in [4.69, 9.17) is 0 Å². The average molecular weight is 242 g/mol. The van der Waals surface area contributed by atoms with Crippen LogP contribution in [-0.4, -0.2) is 10.9 Å². The van der Waals surface area contributed by atoms with Crippen LogP contribution in [-0.2, 0) is 4.79 Å². The third-order valence-corrected chi connectivity index (χ3v) is 3.48. The Hall–Kier alpha value is -1.94. The molecule has 1 aliphatic heterocycles. The first-order valence-electron chi connectivity index (χ1n) is 5.29. The molecule has 1 N–H and O–H groups in total. The van der Waals surface area contributed by atoms with Crippen molar-refractivity contribution in [2.24, 2.45) is 0 Å². The van der Waals surface area contributed by atoms with E-state index in [0.717, 1.165) is 21.1 Å². The predicted octanol–water partition coefficient (Wildman–Crippen LogP) is 2.94. The van der Waals surface area contributed by atoms with Crippen molar-refractivity contribution in [1.29, 1.82) is 0 Å². The largest absolute Gasteiger partial charge is 0.321 e. The van der Waals surface area contributed by atoms with Gasteiger partial charge in [0.25, 0.3) is 5.91 Å². The number of thiazole rings is 1. The van der Waals surface area contributed by atoms with Crippen LogP contribution in [0.25, 0.3) is 11.6 Å². The summed E-state index contributed by atoms with van der Waals surface area (Å²) in [5.41, 5.74) is 2.51. The van der Waals surface area contributed by atoms with Crippen LogP contribution in [0.5, 0.6) is 0 Å². The molecule has 17 heavy (non-hydrogen) atoms. The lowest BCUT2D eigenvalue weighted by atomic mass is 10.1. The fourth-order valence-corrected chi connectivity index (χ4v) is 2.56. The van der Waals surface area contributed by atoms with Gasteiger partial charge in [-0.05, 0) is 19.1 Å². The highest BCUT2D eigenvalue weighted by molar-refractivity contribution is 7.12. The van der Waals surface area contributed by atoms with Crippen molar-refractivity contribution in [2.45, 2.75) is 6.92 Å². The Balaban J connectivity index is 2.09. The summed E-state index contributed by atoms with van der Waals surface area (Å²) in [5.74, 6) is -0.0564. The molecule has 1 aliphatic rings. The molecule has 3 nitrogen and oxygen atoms in total. The first kappa shape index (κ1) is 10.2. The number of hydrogen-bond acceptors (Lipinski definition) is 3. The molecule has 1 amide bonds. The number of nitrogens with zero attached hydrogens (tertiary/aromatic N) is 1. The number of benzene rings is 1. The summed E-state index contributed by atoms with van der Waals surface area (Å²) in [6, 6.07) is 7.69. The molecule has 0 saturated carbocycles. The minimum atomic E-state index is -0.0564. The highest BCUT2D eigenvalue weighted by Crippen LogP contribution is 2.33. The van der Waals surface area contributed by atoms with Crippen molar-refractivity contribution in [3.05, 3.63) is 45.9 Å². The Labute approximate surface area is 103 Å². The van der Waals surface area contributed by atoms with E-state index in [1.165, 1.54) is 0 Å². The molecule has 3 rings (SSSR count). The molecule has 1 aromatic carbocycles. The van der Waals surface area contributed by atoms with Gasteiger partial charge in [-0.3, -0.25) is 4.79 Å². The number of nitrogens with one attached hydrogen (secondary N) is 1. The normalized spacial score (nSPS) is 16.1. The lowest BCUT2D eigenvalue weighted by molar-refractivity contribution is -0.110. The smallest absolute Gasteiger partial charge is 0.256 e. The molecule has 0 radical (unpaired) electrons. The van der Waals surface area contributed by atoms with E-state index in [-0.39, 0.29) is 5.91 Å². The van der Waals surface area contributed by atoms with E-state index in [1.807, 2.05) is 43.5 Å². The lowest BCUT2D eigenvalue weighted by Crippen LogP contribution is -2.03. The first-order chi connectivity index (χ1) is 8.24. The highest BCUT2D eigenvalue weighted by atomic mass is 32.1. The van der Waals surface area contributed by atoms with Gasteiger partial charge in [-0.1, -0.05) is 18.2 Å². The van der Waals surface area contributed by atoms with Crippen LogP contribution in [0.4, 0.5) is 5.69 Å². The average Bonchev–Trinajstić information content (AvgIpc) is 2.85. The molecule has 0 spiro atoms. The topological polar surface area (TPSA) is 42.0 Å². The summed E-state index contributed by atoms with van der Waals surface area (Å²) in [5, 5.41) is 3.71. The van der Waals surface area contributed by atoms with Crippen molar-refractivity contribution >= 4 is 34.6 Å². The number of carbonyl (C=O) groups excluding carboxylic acids is 1. The Kier molecular flexibility index (Phi) is 2.30. The van der Waals surface area contributed by atoms with E-state index >= 15 is 0 Å². The molecule has 4 heteroatoms. The van der Waals surface area contributed by atoms with Crippen LogP contribution < -0.4 is 5.32 Å². The monoisotopic (exact) mass is 242 g/mol. The standard InChI is InChI=1S/C13H10N2OS/c1-8-7-14-12(17-8)6-10-9-4-2-3-5-11(9)15-13(10)16/h2-7H,1H3,(H,15,16)/b10-6-. The van der Waals surface area contributed by atoms with Crippen LogP contribution in [0.2, 0.25) is 0 Å². The van der Waals surface area contributed by atoms with Gasteiger partial charge in [0, 0.05) is 22.3 Å². The molecule has 0 saturated heterocycles. The van der Waals surface area contributed by atoms with Gasteiger partial charge in [-0.25, -0.2) is 4.98 Å². The number of carbonyl (C=O) groups is 1. The number of hydrogen-bond donors (Lipinski definition) is 1. The number of para-hydroxylation sites is 1. The van der Waals surface area contributed by atoms with Crippen molar-refractivity contribution in [2.75, 3.05) is 5.32 Å². The fraction of sp³-hybridized carbons (Fsp3) is 0.0769. The van der Waals surface area contributed by atoms with E-state index in [2.05, 4.69) is 10.3 Å². The zero-order valence-electron chi connectivity index (χ0n) is 9.23. The molecule has 2 heterocycles. The van der Waals surface area contributed by atoms with Crippen molar-refractivity contribution < 1.29 is 4.79 Å². The van der Waals surface area contributed by atoms with Crippen LogP contribution in [0.3, 0.4) is 0 Å². The Morgan fingerprint density at radius 1 is 1.35 bits per heavy atom. The van der Waals surface area contributed by atoms with Gasteiger partial charge in [0.1, 0.15) is 5.01 Å². The van der Waals surface area contributed by atoms with Crippen LogP contribution >= 0.6 is 11.3 Å². The van der Waals surface area contributed by atoms with Crippen LogP contribution in [0, 0.1) is 6.92 Å². The van der Waals surface area contributed by atoms with Gasteiger partial charge in [-0.15, -0.1) is 11.3 Å². The fourth-order valence-electron chi connectivity index (χ4n) is 1.84. The predicted molar refractivity (Wildman–Crippen MR) is 69.8 cm³/mol. The number of fused-ring (bicyclic) bond motifs is 1. The third kappa shape index (κ3) is 1.76. The molecule has 0 aliphatic carbocycles. The van der Waals surface area contributed by atoms with E-state index in [1.54, 1.807) is 11.3 Å². The number of rotatable bonds is 1. The molecule has 0 unspecified atom stereocenters. The van der Waals surface area contributed by atoms with Gasteiger partial charge in [-0.2, -0.15) is 0 Å². The molecule has 2 aromatic rings. The first-order valence-corrected chi connectivity index (χ1v) is 6.10. The van der Waals surface area contributed by atoms with Gasteiger partial charge in [0.15, 0.2) is 0 Å². The van der Waals surface area contributed by atoms with Crippen molar-refractivity contribution in [3.63, 3.8) is 0 Å². The van der Waals surface area contributed by atoms with Gasteiger partial charge in [0.05, 0.1) is 5.57 Å². The molecule has 0 fully saturated rings.